The van der Waals surface area contributed by atoms with Crippen LogP contribution >= 0.6 is 0 Å². The van der Waals surface area contributed by atoms with Gasteiger partial charge in [-0.1, -0.05) is 48.6 Å². The third-order valence-corrected chi connectivity index (χ3v) is 8.33. The van der Waals surface area contributed by atoms with Gasteiger partial charge in [0.1, 0.15) is 17.9 Å². The second-order valence-electron chi connectivity index (χ2n) is 11.3. The number of fused-ring (bicyclic) bond motifs is 7. The molecule has 13 heteroatoms. The summed E-state index contributed by atoms with van der Waals surface area (Å²) in [5.74, 6) is 1.15. The van der Waals surface area contributed by atoms with Gasteiger partial charge in [-0.2, -0.15) is 0 Å². The van der Waals surface area contributed by atoms with E-state index in [1.54, 1.807) is 4.57 Å². The summed E-state index contributed by atoms with van der Waals surface area (Å²) in [6, 6.07) is 8.08. The Morgan fingerprint density at radius 3 is 2.04 bits per heavy atom. The van der Waals surface area contributed by atoms with Gasteiger partial charge in [0, 0.05) is 54.2 Å². The Labute approximate surface area is 284 Å². The maximum absolute atomic E-state index is 9.93. The van der Waals surface area contributed by atoms with E-state index < -0.39 is 12.3 Å². The van der Waals surface area contributed by atoms with Crippen molar-refractivity contribution in [2.24, 2.45) is 21.8 Å². The number of aliphatic hydroxyl groups excluding tert-OH is 2. The molecule has 5 atom stereocenters. The van der Waals surface area contributed by atoms with Crippen LogP contribution in [-0.4, -0.2) is 69.9 Å². The first-order chi connectivity index (χ1) is 22.6. The Bertz CT molecular complexity index is 1850. The number of rotatable bonds is 2. The molecule has 3 aliphatic heterocycles. The van der Waals surface area contributed by atoms with Crippen LogP contribution in [0.15, 0.2) is 96.0 Å². The monoisotopic (exact) mass is 717 g/mol. The van der Waals surface area contributed by atoms with Crippen LogP contribution in [0.3, 0.4) is 0 Å². The summed E-state index contributed by atoms with van der Waals surface area (Å²) < 4.78 is 7.14. The normalized spacial score (nSPS) is 24.2. The van der Waals surface area contributed by atoms with Gasteiger partial charge in [0.15, 0.2) is 17.7 Å². The van der Waals surface area contributed by atoms with Crippen LogP contribution in [0.4, 0.5) is 5.82 Å². The van der Waals surface area contributed by atoms with Gasteiger partial charge in [-0.05, 0) is 25.0 Å². The van der Waals surface area contributed by atoms with Crippen molar-refractivity contribution < 1.29 is 34.4 Å². The third kappa shape index (κ3) is 6.66. The summed E-state index contributed by atoms with van der Waals surface area (Å²) in [5.41, 5.74) is 13.3. The number of pyridine rings is 2. The number of nitrogens with zero attached hydrogens (tertiary/aromatic N) is 8. The van der Waals surface area contributed by atoms with Crippen LogP contribution in [0.1, 0.15) is 48.0 Å². The molecule has 4 aromatic rings. The quantitative estimate of drug-likeness (QED) is 0.261. The Kier molecular flexibility index (Phi) is 9.98. The van der Waals surface area contributed by atoms with E-state index in [9.17, 15) is 5.11 Å². The number of allylic oxidation sites excluding steroid dienone is 4. The average Bonchev–Trinajstić information content (AvgIpc) is 3.72. The van der Waals surface area contributed by atoms with E-state index in [4.69, 9.17) is 15.6 Å². The molecule has 1 saturated heterocycles. The molecule has 0 amide bonds. The van der Waals surface area contributed by atoms with Gasteiger partial charge in [-0.15, -0.1) is 0 Å². The Balaban J connectivity index is 0.000000123. The van der Waals surface area contributed by atoms with Crippen molar-refractivity contribution in [1.29, 1.82) is 0 Å². The van der Waals surface area contributed by atoms with E-state index in [2.05, 4.69) is 83.5 Å². The topological polar surface area (TPSA) is 170 Å². The number of nitrogen functional groups attached to an aromatic ring is 1. The second-order valence-corrected chi connectivity index (χ2v) is 11.3. The van der Waals surface area contributed by atoms with Gasteiger partial charge in [-0.25, -0.2) is 15.0 Å². The van der Waals surface area contributed by atoms with Gasteiger partial charge in [0.2, 0.25) is 0 Å². The van der Waals surface area contributed by atoms with E-state index >= 15 is 0 Å². The van der Waals surface area contributed by atoms with E-state index in [0.717, 1.165) is 35.7 Å². The molecule has 0 saturated carbocycles. The molecule has 1 fully saturated rings. The summed E-state index contributed by atoms with van der Waals surface area (Å²) in [7, 11) is 0. The van der Waals surface area contributed by atoms with Crippen molar-refractivity contribution in [3.63, 3.8) is 0 Å². The number of hydrogen-bond acceptors (Lipinski definition) is 11. The standard InChI is InChI=1S/2C12H10N2.C10H13N5O3.Ru/c2*1-3-9-5-6-10-4-2-8-14-12(10)11(9)13-7-1;11-8-7-9(13-3-12-8)15(4-14-7)10-6(17)1-5(2-16)18-10;/h2*1-3,5-8,10H,4H2;3-6,10,16-17H,1-2H2,(H2,11,12,13);/q;;;+6/t;;5-,6-,10+;/m..0./s1. The summed E-state index contributed by atoms with van der Waals surface area (Å²) in [4.78, 5) is 29.6. The molecule has 9 rings (SSSR count). The maximum Gasteiger partial charge on any atom is 6.00 e. The van der Waals surface area contributed by atoms with Crippen molar-refractivity contribution in [2.45, 2.75) is 37.7 Å². The smallest absolute Gasteiger partial charge is 0.394 e. The minimum Gasteiger partial charge on any atom is -0.394 e. The molecule has 4 aromatic heterocycles. The SMILES string of the molecule is C1=CN=C2c3ncccc3C=CC2C1.C1=CN=C2c3ncccc3C=CC2C1.Nc1ncnc2c1ncn2[C@@H]1O[C@H](CO)C[C@@H]1O.[Ru+6]. The molecular formula is C34H33N9O3Ru+6. The van der Waals surface area contributed by atoms with Crippen molar-refractivity contribution >= 4 is 40.6 Å². The Morgan fingerprint density at radius 2 is 1.47 bits per heavy atom. The van der Waals surface area contributed by atoms with Crippen LogP contribution in [-0.2, 0) is 24.2 Å². The molecule has 0 bridgehead atoms. The second kappa shape index (κ2) is 14.5. The number of imidazole rings is 1. The third-order valence-electron chi connectivity index (χ3n) is 8.33. The molecule has 2 aliphatic carbocycles. The van der Waals surface area contributed by atoms with Crippen LogP contribution in [0.2, 0.25) is 0 Å². The molecule has 5 aliphatic rings. The van der Waals surface area contributed by atoms with Gasteiger partial charge in [-0.3, -0.25) is 24.5 Å². The zero-order valence-electron chi connectivity index (χ0n) is 25.3. The Hall–Kier alpha value is -4.55. The molecule has 47 heavy (non-hydrogen) atoms. The molecule has 7 heterocycles. The first-order valence-corrected chi connectivity index (χ1v) is 15.2. The molecule has 4 N–H and O–H groups in total. The van der Waals surface area contributed by atoms with Gasteiger partial charge in [0.25, 0.3) is 0 Å². The summed E-state index contributed by atoms with van der Waals surface area (Å²) in [5, 5.41) is 19.0. The van der Waals surface area contributed by atoms with E-state index in [-0.39, 0.29) is 38.0 Å². The zero-order chi connectivity index (χ0) is 31.5. The number of nitrogens with two attached hydrogens (primary N) is 1. The number of hydrogen-bond donors (Lipinski definition) is 3. The zero-order valence-corrected chi connectivity index (χ0v) is 27.0. The number of ether oxygens (including phenoxy) is 1. The van der Waals surface area contributed by atoms with Gasteiger partial charge < -0.3 is 20.7 Å². The van der Waals surface area contributed by atoms with Crippen LogP contribution in [0.5, 0.6) is 0 Å². The largest absolute Gasteiger partial charge is 6.00 e. The first kappa shape index (κ1) is 32.4. The minimum atomic E-state index is -0.712. The number of anilines is 1. The fourth-order valence-corrected chi connectivity index (χ4v) is 6.03. The Morgan fingerprint density at radius 1 is 0.851 bits per heavy atom. The molecule has 2 unspecified atom stereocenters. The van der Waals surface area contributed by atoms with Crippen molar-refractivity contribution in [3.8, 4) is 0 Å². The van der Waals surface area contributed by atoms with Gasteiger partial charge in [0.05, 0.1) is 41.8 Å². The summed E-state index contributed by atoms with van der Waals surface area (Å²) in [6.07, 6.45) is 24.0. The minimum absolute atomic E-state index is 0. The fraction of sp³-hybridized carbons (Fsp3) is 0.265. The number of aliphatic hydroxyl groups is 2. The molecular weight excluding hydrogens is 684 g/mol. The molecule has 0 radical (unpaired) electrons. The van der Waals surface area contributed by atoms with Gasteiger partial charge >= 0.3 is 19.5 Å². The van der Waals surface area contributed by atoms with Crippen LogP contribution in [0.25, 0.3) is 23.3 Å². The fourth-order valence-electron chi connectivity index (χ4n) is 6.03. The van der Waals surface area contributed by atoms with E-state index in [1.807, 2.05) is 36.9 Å². The predicted molar refractivity (Wildman–Crippen MR) is 175 cm³/mol. The van der Waals surface area contributed by atoms with Crippen molar-refractivity contribution in [2.75, 3.05) is 12.3 Å². The molecule has 0 aromatic carbocycles. The van der Waals surface area contributed by atoms with Crippen molar-refractivity contribution in [1.82, 2.24) is 29.5 Å². The molecule has 234 valence electrons. The molecule has 12 nitrogen and oxygen atoms in total. The first-order valence-electron chi connectivity index (χ1n) is 15.2. The maximum atomic E-state index is 9.93. The number of aliphatic imine (C=N–C) groups is 2. The average molecular weight is 717 g/mol. The van der Waals surface area contributed by atoms with E-state index in [0.29, 0.717) is 29.4 Å². The predicted octanol–water partition coefficient (Wildman–Crippen LogP) is 3.91. The van der Waals surface area contributed by atoms with Crippen molar-refractivity contribution in [3.05, 3.63) is 109 Å². The summed E-state index contributed by atoms with van der Waals surface area (Å²) in [6.45, 7) is -0.128. The van der Waals surface area contributed by atoms with Crippen LogP contribution < -0.4 is 5.73 Å². The summed E-state index contributed by atoms with van der Waals surface area (Å²) >= 11 is 0. The number of aromatic nitrogens is 6. The van der Waals surface area contributed by atoms with Crippen LogP contribution in [0, 0.1) is 11.8 Å². The van der Waals surface area contributed by atoms with E-state index in [1.165, 1.54) is 23.8 Å². The molecule has 0 spiro atoms.